The Hall–Kier alpha value is -1.16. The number of likely N-dealkylation sites (N-methyl/N-ethyl adjacent to an activating group) is 1. The lowest BCUT2D eigenvalue weighted by Crippen LogP contribution is -2.42. The number of hydrogen-bond donors (Lipinski definition) is 2. The second-order valence-electron chi connectivity index (χ2n) is 5.83. The number of aryl methyl sites for hydroxylation is 2. The zero-order valence-electron chi connectivity index (χ0n) is 14.3. The van der Waals surface area contributed by atoms with E-state index in [1.165, 1.54) is 6.20 Å². The molecule has 2 heterocycles. The van der Waals surface area contributed by atoms with Crippen LogP contribution in [-0.4, -0.2) is 61.5 Å². The summed E-state index contributed by atoms with van der Waals surface area (Å²) in [5, 5.41) is 3.07. The number of aromatic nitrogens is 2. The molecule has 2 N–H and O–H groups in total. The van der Waals surface area contributed by atoms with Crippen LogP contribution in [0.2, 0.25) is 0 Å². The van der Waals surface area contributed by atoms with Gasteiger partial charge in [0.25, 0.3) is 10.0 Å². The van der Waals surface area contributed by atoms with Crippen molar-refractivity contribution in [3.8, 4) is 0 Å². The molecule has 8 nitrogen and oxygen atoms in total. The minimum atomic E-state index is -3.67. The average Bonchev–Trinajstić information content (AvgIpc) is 3.07. The van der Waals surface area contributed by atoms with Crippen molar-refractivity contribution < 1.29 is 13.2 Å². The third kappa shape index (κ3) is 4.92. The van der Waals surface area contributed by atoms with Gasteiger partial charge >= 0.3 is 0 Å². The van der Waals surface area contributed by atoms with Crippen molar-refractivity contribution in [1.82, 2.24) is 24.5 Å². The number of imidazole rings is 1. The first kappa shape index (κ1) is 20.9. The van der Waals surface area contributed by atoms with Gasteiger partial charge in [-0.1, -0.05) is 0 Å². The Morgan fingerprint density at radius 3 is 2.75 bits per heavy atom. The molecule has 0 aliphatic carbocycles. The first-order valence-electron chi connectivity index (χ1n) is 7.79. The number of nitrogens with one attached hydrogen (secondary N) is 2. The number of amides is 1. The van der Waals surface area contributed by atoms with Crippen molar-refractivity contribution in [1.29, 1.82) is 0 Å². The summed E-state index contributed by atoms with van der Waals surface area (Å²) in [5.41, 5.74) is 0. The number of sulfonamides is 1. The molecular weight excluding hydrogens is 354 g/mol. The summed E-state index contributed by atoms with van der Waals surface area (Å²) in [5.74, 6) is 0.607. The maximum absolute atomic E-state index is 12.3. The van der Waals surface area contributed by atoms with Crippen LogP contribution < -0.4 is 10.0 Å². The van der Waals surface area contributed by atoms with Crippen LogP contribution in [0.5, 0.6) is 0 Å². The van der Waals surface area contributed by atoms with Crippen LogP contribution in [0.3, 0.4) is 0 Å². The summed E-state index contributed by atoms with van der Waals surface area (Å²) < 4.78 is 28.4. The van der Waals surface area contributed by atoms with E-state index >= 15 is 0 Å². The number of rotatable bonds is 7. The van der Waals surface area contributed by atoms with Gasteiger partial charge in [0, 0.05) is 45.3 Å². The normalized spacial score (nSPS) is 17.8. The fourth-order valence-corrected chi connectivity index (χ4v) is 3.85. The summed E-state index contributed by atoms with van der Waals surface area (Å²) in [4.78, 5) is 18.1. The highest BCUT2D eigenvalue weighted by Gasteiger charge is 2.28. The third-order valence-corrected chi connectivity index (χ3v) is 5.46. The van der Waals surface area contributed by atoms with Crippen molar-refractivity contribution in [2.75, 3.05) is 26.7 Å². The lowest BCUT2D eigenvalue weighted by molar-refractivity contribution is -0.131. The third-order valence-electron chi connectivity index (χ3n) is 4.13. The minimum Gasteiger partial charge on any atom is -0.338 e. The fourth-order valence-electron chi connectivity index (χ4n) is 2.78. The SMILES string of the molecule is CNCC1CCCN1C(=O)CCNS(=O)(=O)c1cn(C)c(C)n1.Cl. The molecule has 1 atom stereocenters. The van der Waals surface area contributed by atoms with E-state index in [2.05, 4.69) is 15.0 Å². The molecule has 0 aromatic carbocycles. The highest BCUT2D eigenvalue weighted by molar-refractivity contribution is 7.89. The molecule has 1 aromatic rings. The number of likely N-dealkylation sites (tertiary alicyclic amines) is 1. The number of halogens is 1. The molecule has 2 rings (SSSR count). The molecular formula is C14H26ClN5O3S. The molecule has 1 fully saturated rings. The average molecular weight is 380 g/mol. The molecule has 1 aliphatic rings. The summed E-state index contributed by atoms with van der Waals surface area (Å²) in [6.07, 6.45) is 3.61. The van der Waals surface area contributed by atoms with E-state index in [1.54, 1.807) is 18.5 Å². The van der Waals surface area contributed by atoms with Gasteiger partial charge in [-0.2, -0.15) is 0 Å². The molecule has 1 aromatic heterocycles. The zero-order chi connectivity index (χ0) is 17.0. The van der Waals surface area contributed by atoms with Crippen molar-refractivity contribution in [3.63, 3.8) is 0 Å². The predicted molar refractivity (Wildman–Crippen MR) is 93.7 cm³/mol. The van der Waals surface area contributed by atoms with Gasteiger partial charge in [0.15, 0.2) is 5.03 Å². The number of nitrogens with zero attached hydrogens (tertiary/aromatic N) is 3. The van der Waals surface area contributed by atoms with Gasteiger partial charge in [-0.3, -0.25) is 4.79 Å². The van der Waals surface area contributed by atoms with Crippen LogP contribution in [0.15, 0.2) is 11.2 Å². The predicted octanol–water partition coefficient (Wildman–Crippen LogP) is 0.0291. The molecule has 0 bridgehead atoms. The first-order chi connectivity index (χ1) is 10.8. The molecule has 0 saturated carbocycles. The Balaban J connectivity index is 0.00000288. The maximum Gasteiger partial charge on any atom is 0.259 e. The Morgan fingerprint density at radius 2 is 2.17 bits per heavy atom. The quantitative estimate of drug-likeness (QED) is 0.696. The molecule has 0 radical (unpaired) electrons. The van der Waals surface area contributed by atoms with E-state index in [0.717, 1.165) is 25.9 Å². The van der Waals surface area contributed by atoms with Gasteiger partial charge in [-0.25, -0.2) is 18.1 Å². The lowest BCUT2D eigenvalue weighted by atomic mass is 10.2. The van der Waals surface area contributed by atoms with Crippen LogP contribution in [0.25, 0.3) is 0 Å². The van der Waals surface area contributed by atoms with Gasteiger partial charge in [0.2, 0.25) is 5.91 Å². The standard InChI is InChI=1S/C14H25N5O3S.ClH/c1-11-17-13(10-18(11)3)23(21,22)16-7-6-14(20)19-8-4-5-12(19)9-15-2;/h10,12,15-16H,4-9H2,1-3H3;1H. The van der Waals surface area contributed by atoms with E-state index in [9.17, 15) is 13.2 Å². The summed E-state index contributed by atoms with van der Waals surface area (Å²) in [6.45, 7) is 3.33. The molecule has 138 valence electrons. The summed E-state index contributed by atoms with van der Waals surface area (Å²) >= 11 is 0. The second kappa shape index (κ2) is 8.80. The van der Waals surface area contributed by atoms with E-state index in [-0.39, 0.29) is 42.3 Å². The lowest BCUT2D eigenvalue weighted by Gasteiger charge is -2.24. The van der Waals surface area contributed by atoms with Crippen molar-refractivity contribution in [2.45, 2.75) is 37.3 Å². The number of carbonyl (C=O) groups is 1. The Labute approximate surface area is 149 Å². The van der Waals surface area contributed by atoms with Gasteiger partial charge in [0.05, 0.1) is 0 Å². The van der Waals surface area contributed by atoms with Crippen molar-refractivity contribution >= 4 is 28.3 Å². The highest BCUT2D eigenvalue weighted by atomic mass is 35.5. The topological polar surface area (TPSA) is 96.3 Å². The fraction of sp³-hybridized carbons (Fsp3) is 0.714. The molecule has 24 heavy (non-hydrogen) atoms. The maximum atomic E-state index is 12.3. The largest absolute Gasteiger partial charge is 0.338 e. The van der Waals surface area contributed by atoms with E-state index in [0.29, 0.717) is 5.82 Å². The molecule has 0 spiro atoms. The number of hydrogen-bond acceptors (Lipinski definition) is 5. The molecule has 1 unspecified atom stereocenters. The minimum absolute atomic E-state index is 0. The van der Waals surface area contributed by atoms with Gasteiger partial charge in [-0.05, 0) is 26.8 Å². The summed E-state index contributed by atoms with van der Waals surface area (Å²) in [7, 11) is -0.0686. The van der Waals surface area contributed by atoms with Crippen molar-refractivity contribution in [2.24, 2.45) is 7.05 Å². The first-order valence-corrected chi connectivity index (χ1v) is 9.27. The van der Waals surface area contributed by atoms with Crippen LogP contribution in [0, 0.1) is 6.92 Å². The molecule has 1 amide bonds. The molecule has 1 aliphatic heterocycles. The molecule has 10 heteroatoms. The van der Waals surface area contributed by atoms with Crippen LogP contribution in [0.4, 0.5) is 0 Å². The van der Waals surface area contributed by atoms with Crippen molar-refractivity contribution in [3.05, 3.63) is 12.0 Å². The smallest absolute Gasteiger partial charge is 0.259 e. The van der Waals surface area contributed by atoms with Crippen LogP contribution >= 0.6 is 12.4 Å². The van der Waals surface area contributed by atoms with E-state index < -0.39 is 10.0 Å². The second-order valence-corrected chi connectivity index (χ2v) is 7.54. The zero-order valence-corrected chi connectivity index (χ0v) is 15.9. The summed E-state index contributed by atoms with van der Waals surface area (Å²) in [6, 6.07) is 0.211. The highest BCUT2D eigenvalue weighted by Crippen LogP contribution is 2.17. The van der Waals surface area contributed by atoms with Crippen LogP contribution in [-0.2, 0) is 21.9 Å². The Kier molecular flexibility index (Phi) is 7.65. The Morgan fingerprint density at radius 1 is 1.46 bits per heavy atom. The van der Waals surface area contributed by atoms with Gasteiger partial charge in [-0.15, -0.1) is 12.4 Å². The van der Waals surface area contributed by atoms with E-state index in [4.69, 9.17) is 0 Å². The van der Waals surface area contributed by atoms with E-state index in [1.807, 2.05) is 11.9 Å². The van der Waals surface area contributed by atoms with Gasteiger partial charge < -0.3 is 14.8 Å². The van der Waals surface area contributed by atoms with Crippen LogP contribution in [0.1, 0.15) is 25.1 Å². The molecule has 1 saturated heterocycles. The number of carbonyl (C=O) groups excluding carboxylic acids is 1. The van der Waals surface area contributed by atoms with Gasteiger partial charge in [0.1, 0.15) is 5.82 Å². The Bertz CT molecular complexity index is 642. The monoisotopic (exact) mass is 379 g/mol.